The number of amides is 1. The second kappa shape index (κ2) is 9.28. The van der Waals surface area contributed by atoms with Gasteiger partial charge < -0.3 is 24.4 Å². The number of likely N-dealkylation sites (tertiary alicyclic amines) is 1. The lowest BCUT2D eigenvalue weighted by molar-refractivity contribution is -0.907. The Morgan fingerprint density at radius 2 is 2.06 bits per heavy atom. The zero-order chi connectivity index (χ0) is 21.8. The topological polar surface area (TPSA) is 93.4 Å². The number of Topliss-reactive ketones (excluding diaryl/α,β-unsaturated/α-hetero) is 1. The number of morpholine rings is 1. The number of quaternary nitrogens is 1. The molecule has 8 nitrogen and oxygen atoms in total. The van der Waals surface area contributed by atoms with Crippen LogP contribution in [0.5, 0.6) is 5.75 Å². The van der Waals surface area contributed by atoms with Crippen molar-refractivity contribution in [2.75, 3.05) is 46.5 Å². The number of rotatable bonds is 6. The number of benzene rings is 1. The van der Waals surface area contributed by atoms with Crippen LogP contribution < -0.4 is 9.64 Å². The number of ether oxygens (including phenoxy) is 2. The van der Waals surface area contributed by atoms with Crippen molar-refractivity contribution >= 4 is 17.4 Å². The molecule has 8 heteroatoms. The summed E-state index contributed by atoms with van der Waals surface area (Å²) in [6.45, 7) is 4.21. The van der Waals surface area contributed by atoms with Gasteiger partial charge in [-0.05, 0) is 23.8 Å². The third-order valence-electron chi connectivity index (χ3n) is 5.79. The van der Waals surface area contributed by atoms with Gasteiger partial charge in [0.05, 0.1) is 45.0 Å². The summed E-state index contributed by atoms with van der Waals surface area (Å²) >= 11 is 0. The first-order valence-electron chi connectivity index (χ1n) is 10.3. The van der Waals surface area contributed by atoms with Crippen LogP contribution in [-0.4, -0.2) is 73.2 Å². The third-order valence-corrected chi connectivity index (χ3v) is 5.79. The molecule has 0 radical (unpaired) electrons. The van der Waals surface area contributed by atoms with Gasteiger partial charge >= 0.3 is 0 Å². The molecule has 4 rings (SSSR count). The van der Waals surface area contributed by atoms with Gasteiger partial charge in [0, 0.05) is 18.0 Å². The van der Waals surface area contributed by atoms with Crippen molar-refractivity contribution < 1.29 is 29.1 Å². The van der Waals surface area contributed by atoms with E-state index in [-0.39, 0.29) is 11.3 Å². The van der Waals surface area contributed by atoms with Gasteiger partial charge in [0.1, 0.15) is 24.6 Å². The lowest BCUT2D eigenvalue weighted by Gasteiger charge is -2.29. The van der Waals surface area contributed by atoms with Crippen LogP contribution in [0.3, 0.4) is 0 Å². The zero-order valence-electron chi connectivity index (χ0n) is 17.4. The monoisotopic (exact) mass is 424 g/mol. The molecule has 1 atom stereocenters. The molecule has 0 spiro atoms. The number of nitrogens with zero attached hydrogens (tertiary/aromatic N) is 2. The molecule has 2 saturated heterocycles. The van der Waals surface area contributed by atoms with Gasteiger partial charge in [-0.15, -0.1) is 0 Å². The van der Waals surface area contributed by atoms with Crippen LogP contribution in [0.2, 0.25) is 0 Å². The fourth-order valence-corrected chi connectivity index (χ4v) is 4.11. The standard InChI is InChI=1S/C23H25N3O5/c1-30-18-6-2-4-16(14-18)21(27)19-20(17-5-3-7-24-15-17)26(23(29)22(19)28)9-8-25-10-12-31-13-11-25/h2-7,14-15,20,27H,8-13H2,1H3/p+1/b21-19+/t20-/m1/s1. The summed E-state index contributed by atoms with van der Waals surface area (Å²) in [5.41, 5.74) is 1.18. The second-order valence-corrected chi connectivity index (χ2v) is 7.62. The SMILES string of the molecule is COc1cccc(/C(O)=C2\C(=O)C(=O)N(CC[NH+]3CCOCC3)[C@@H]2c2cccnc2)c1. The number of methoxy groups -OCH3 is 1. The Morgan fingerprint density at radius 1 is 1.26 bits per heavy atom. The predicted octanol–water partition coefficient (Wildman–Crippen LogP) is 0.427. The number of pyridine rings is 1. The van der Waals surface area contributed by atoms with Crippen molar-refractivity contribution in [3.63, 3.8) is 0 Å². The number of aromatic nitrogens is 1. The van der Waals surface area contributed by atoms with Crippen molar-refractivity contribution in [1.82, 2.24) is 9.88 Å². The van der Waals surface area contributed by atoms with E-state index in [4.69, 9.17) is 9.47 Å². The van der Waals surface area contributed by atoms with Gasteiger partial charge in [-0.1, -0.05) is 18.2 Å². The Kier molecular flexibility index (Phi) is 6.29. The van der Waals surface area contributed by atoms with Crippen LogP contribution in [0.15, 0.2) is 54.4 Å². The van der Waals surface area contributed by atoms with E-state index in [0.717, 1.165) is 13.1 Å². The quantitative estimate of drug-likeness (QED) is 0.397. The number of ketones is 1. The number of nitrogens with one attached hydrogen (secondary N) is 1. The minimum Gasteiger partial charge on any atom is -0.507 e. The molecular formula is C23H26N3O5+. The molecule has 2 aromatic rings. The molecule has 162 valence electrons. The molecule has 0 saturated carbocycles. The highest BCUT2D eigenvalue weighted by atomic mass is 16.5. The van der Waals surface area contributed by atoms with Crippen LogP contribution in [0.4, 0.5) is 0 Å². The van der Waals surface area contributed by atoms with Crippen LogP contribution in [0, 0.1) is 0 Å². The summed E-state index contributed by atoms with van der Waals surface area (Å²) in [5, 5.41) is 11.1. The molecule has 1 aromatic heterocycles. The van der Waals surface area contributed by atoms with Crippen molar-refractivity contribution in [3.05, 3.63) is 65.5 Å². The minimum absolute atomic E-state index is 0.0724. The molecule has 1 aromatic carbocycles. The van der Waals surface area contributed by atoms with Crippen LogP contribution in [-0.2, 0) is 14.3 Å². The van der Waals surface area contributed by atoms with E-state index < -0.39 is 17.7 Å². The molecule has 2 fully saturated rings. The highest BCUT2D eigenvalue weighted by Gasteiger charge is 2.46. The van der Waals surface area contributed by atoms with E-state index in [9.17, 15) is 14.7 Å². The number of aliphatic hydroxyl groups is 1. The predicted molar refractivity (Wildman–Crippen MR) is 113 cm³/mol. The Morgan fingerprint density at radius 3 is 2.77 bits per heavy atom. The molecule has 2 aliphatic rings. The first-order valence-corrected chi connectivity index (χ1v) is 10.3. The maximum absolute atomic E-state index is 13.0. The molecule has 0 bridgehead atoms. The average Bonchev–Trinajstić information content (AvgIpc) is 3.08. The summed E-state index contributed by atoms with van der Waals surface area (Å²) in [6, 6.07) is 9.68. The van der Waals surface area contributed by atoms with Crippen molar-refractivity contribution in [2.24, 2.45) is 0 Å². The smallest absolute Gasteiger partial charge is 0.295 e. The fraction of sp³-hybridized carbons (Fsp3) is 0.348. The number of hydrogen-bond donors (Lipinski definition) is 2. The third kappa shape index (κ3) is 4.30. The molecular weight excluding hydrogens is 398 g/mol. The minimum atomic E-state index is -0.694. The van der Waals surface area contributed by atoms with Gasteiger partial charge in [0.15, 0.2) is 0 Å². The van der Waals surface area contributed by atoms with E-state index in [2.05, 4.69) is 4.98 Å². The zero-order valence-corrected chi connectivity index (χ0v) is 17.4. The highest BCUT2D eigenvalue weighted by Crippen LogP contribution is 2.39. The Hall–Kier alpha value is -3.23. The van der Waals surface area contributed by atoms with Crippen molar-refractivity contribution in [2.45, 2.75) is 6.04 Å². The largest absolute Gasteiger partial charge is 0.507 e. The first kappa shape index (κ1) is 21.0. The van der Waals surface area contributed by atoms with E-state index in [1.165, 1.54) is 12.0 Å². The number of aliphatic hydroxyl groups excluding tert-OH is 1. The van der Waals surface area contributed by atoms with Gasteiger partial charge in [-0.25, -0.2) is 0 Å². The Balaban J connectivity index is 1.72. The molecule has 1 amide bonds. The van der Waals surface area contributed by atoms with Crippen molar-refractivity contribution in [3.8, 4) is 5.75 Å². The van der Waals surface area contributed by atoms with E-state index >= 15 is 0 Å². The van der Waals surface area contributed by atoms with Crippen LogP contribution in [0.1, 0.15) is 17.2 Å². The van der Waals surface area contributed by atoms with E-state index in [1.54, 1.807) is 47.6 Å². The highest BCUT2D eigenvalue weighted by molar-refractivity contribution is 6.46. The van der Waals surface area contributed by atoms with Gasteiger partial charge in [0.2, 0.25) is 0 Å². The summed E-state index contributed by atoms with van der Waals surface area (Å²) in [4.78, 5) is 33.1. The normalized spacial score (nSPS) is 21.5. The van der Waals surface area contributed by atoms with Crippen molar-refractivity contribution in [1.29, 1.82) is 0 Å². The Labute approximate surface area is 180 Å². The lowest BCUT2D eigenvalue weighted by atomic mass is 9.96. The van der Waals surface area contributed by atoms with E-state index in [0.29, 0.717) is 43.2 Å². The van der Waals surface area contributed by atoms with Crippen LogP contribution >= 0.6 is 0 Å². The number of hydrogen-bond acceptors (Lipinski definition) is 6. The van der Waals surface area contributed by atoms with Gasteiger partial charge in [0.25, 0.3) is 11.7 Å². The summed E-state index contributed by atoms with van der Waals surface area (Å²) in [5.74, 6) is -0.962. The Bertz CT molecular complexity index is 986. The molecule has 3 heterocycles. The fourth-order valence-electron chi connectivity index (χ4n) is 4.11. The molecule has 2 aliphatic heterocycles. The molecule has 31 heavy (non-hydrogen) atoms. The molecule has 0 unspecified atom stereocenters. The summed E-state index contributed by atoms with van der Waals surface area (Å²) in [7, 11) is 1.53. The van der Waals surface area contributed by atoms with E-state index in [1.807, 2.05) is 6.07 Å². The molecule has 2 N–H and O–H groups in total. The average molecular weight is 424 g/mol. The number of carbonyl (C=O) groups is 2. The number of carbonyl (C=O) groups excluding carboxylic acids is 2. The first-order chi connectivity index (χ1) is 15.1. The second-order valence-electron chi connectivity index (χ2n) is 7.62. The maximum Gasteiger partial charge on any atom is 0.295 e. The summed E-state index contributed by atoms with van der Waals surface area (Å²) in [6.07, 6.45) is 3.26. The van der Waals surface area contributed by atoms with Gasteiger partial charge in [-0.2, -0.15) is 0 Å². The lowest BCUT2D eigenvalue weighted by Crippen LogP contribution is -3.14. The van der Waals surface area contributed by atoms with Crippen LogP contribution in [0.25, 0.3) is 5.76 Å². The molecule has 0 aliphatic carbocycles. The maximum atomic E-state index is 13.0. The van der Waals surface area contributed by atoms with Gasteiger partial charge in [-0.3, -0.25) is 14.6 Å². The summed E-state index contributed by atoms with van der Waals surface area (Å²) < 4.78 is 10.6.